The molecule has 4 aliphatic carbocycles. The van der Waals surface area contributed by atoms with Gasteiger partial charge in [-0.05, 0) is 55.4 Å². The van der Waals surface area contributed by atoms with E-state index >= 15 is 0 Å². The number of amides is 1. The molecule has 1 aromatic carbocycles. The topological polar surface area (TPSA) is 45.7 Å². The van der Waals surface area contributed by atoms with Gasteiger partial charge < -0.3 is 10.6 Å². The second-order valence-electron chi connectivity index (χ2n) is 8.63. The molecule has 0 radical (unpaired) electrons. The van der Waals surface area contributed by atoms with Crippen LogP contribution in [0.15, 0.2) is 30.3 Å². The van der Waals surface area contributed by atoms with Crippen molar-refractivity contribution in [3.8, 4) is 0 Å². The van der Waals surface area contributed by atoms with Crippen molar-refractivity contribution < 1.29 is 10.1 Å². The van der Waals surface area contributed by atoms with E-state index in [4.69, 9.17) is 0 Å². The van der Waals surface area contributed by atoms with Crippen molar-refractivity contribution in [1.29, 1.82) is 0 Å². The molecule has 5 rings (SSSR count). The Balaban J connectivity index is 1.17. The summed E-state index contributed by atoms with van der Waals surface area (Å²) in [6.07, 6.45) is 10.6. The fourth-order valence-electron chi connectivity index (χ4n) is 5.97. The van der Waals surface area contributed by atoms with E-state index in [1.54, 1.807) is 0 Å². The van der Waals surface area contributed by atoms with E-state index in [1.807, 2.05) is 6.07 Å². The Bertz CT molecular complexity index is 533. The Labute approximate surface area is 145 Å². The van der Waals surface area contributed by atoms with Gasteiger partial charge in [0.1, 0.15) is 0 Å². The van der Waals surface area contributed by atoms with Crippen LogP contribution in [0, 0.1) is 17.8 Å². The van der Waals surface area contributed by atoms with E-state index in [0.29, 0.717) is 12.1 Å². The number of carbonyl (C=O) groups is 1. The lowest BCUT2D eigenvalue weighted by molar-refractivity contribution is -0.730. The fourth-order valence-corrected chi connectivity index (χ4v) is 5.97. The van der Waals surface area contributed by atoms with Gasteiger partial charge in [-0.2, -0.15) is 0 Å². The third-order valence-corrected chi connectivity index (χ3v) is 6.61. The molecule has 3 N–H and O–H groups in total. The number of benzene rings is 1. The number of hydrogen-bond donors (Lipinski definition) is 2. The first-order valence-electron chi connectivity index (χ1n) is 9.86. The largest absolute Gasteiger partial charge is 0.351 e. The SMILES string of the molecule is O=C(C[NH2+]C12CC3CC(CC(C3)C1)C2)NCCCc1ccccc1. The molecule has 4 saturated carbocycles. The van der Waals surface area contributed by atoms with Crippen LogP contribution in [0.1, 0.15) is 50.5 Å². The van der Waals surface area contributed by atoms with Crippen LogP contribution in [0.25, 0.3) is 0 Å². The van der Waals surface area contributed by atoms with E-state index in [2.05, 4.69) is 34.9 Å². The van der Waals surface area contributed by atoms with Gasteiger partial charge >= 0.3 is 0 Å². The number of nitrogens with two attached hydrogens (primary N) is 1. The lowest BCUT2D eigenvalue weighted by atomic mass is 9.53. The first-order chi connectivity index (χ1) is 11.7. The molecule has 0 aliphatic heterocycles. The van der Waals surface area contributed by atoms with Gasteiger partial charge in [0.25, 0.3) is 5.91 Å². The van der Waals surface area contributed by atoms with Gasteiger partial charge in [-0.3, -0.25) is 4.79 Å². The quantitative estimate of drug-likeness (QED) is 0.742. The van der Waals surface area contributed by atoms with Crippen molar-refractivity contribution in [2.75, 3.05) is 13.1 Å². The highest BCUT2D eigenvalue weighted by Crippen LogP contribution is 2.54. The molecular weight excluding hydrogens is 296 g/mol. The number of carbonyl (C=O) groups excluding carboxylic acids is 1. The van der Waals surface area contributed by atoms with Gasteiger partial charge in [0.05, 0.1) is 5.54 Å². The van der Waals surface area contributed by atoms with Crippen LogP contribution < -0.4 is 10.6 Å². The number of aryl methyl sites for hydroxylation is 1. The normalized spacial score (nSPS) is 33.6. The number of quaternary nitrogens is 1. The molecule has 3 nitrogen and oxygen atoms in total. The van der Waals surface area contributed by atoms with E-state index in [1.165, 1.54) is 44.1 Å². The first kappa shape index (κ1) is 16.1. The Morgan fingerprint density at radius 1 is 1.04 bits per heavy atom. The van der Waals surface area contributed by atoms with Gasteiger partial charge in [-0.1, -0.05) is 30.3 Å². The molecular formula is C21H31N2O+. The zero-order chi connectivity index (χ0) is 16.4. The van der Waals surface area contributed by atoms with Gasteiger partial charge in [-0.25, -0.2) is 0 Å². The molecule has 0 aromatic heterocycles. The van der Waals surface area contributed by atoms with E-state index in [-0.39, 0.29) is 5.91 Å². The minimum absolute atomic E-state index is 0.221. The van der Waals surface area contributed by atoms with Gasteiger partial charge in [-0.15, -0.1) is 0 Å². The Morgan fingerprint density at radius 3 is 2.29 bits per heavy atom. The number of nitrogens with one attached hydrogen (secondary N) is 1. The van der Waals surface area contributed by atoms with Crippen molar-refractivity contribution in [2.45, 2.75) is 56.9 Å². The van der Waals surface area contributed by atoms with E-state index < -0.39 is 0 Å². The zero-order valence-corrected chi connectivity index (χ0v) is 14.7. The third kappa shape index (κ3) is 3.66. The Kier molecular flexibility index (Phi) is 4.62. The van der Waals surface area contributed by atoms with Gasteiger partial charge in [0.15, 0.2) is 6.54 Å². The maximum atomic E-state index is 12.2. The highest BCUT2D eigenvalue weighted by Gasteiger charge is 2.53. The molecule has 1 aromatic rings. The lowest BCUT2D eigenvalue weighted by Gasteiger charge is -2.54. The number of hydrogen-bond acceptors (Lipinski definition) is 1. The third-order valence-electron chi connectivity index (χ3n) is 6.61. The molecule has 4 aliphatic rings. The van der Waals surface area contributed by atoms with Crippen molar-refractivity contribution in [3.63, 3.8) is 0 Å². The summed E-state index contributed by atoms with van der Waals surface area (Å²) in [5, 5.41) is 5.52. The molecule has 0 atom stereocenters. The van der Waals surface area contributed by atoms with Crippen LogP contribution in [0.2, 0.25) is 0 Å². The first-order valence-corrected chi connectivity index (χ1v) is 9.86. The average molecular weight is 327 g/mol. The van der Waals surface area contributed by atoms with Crippen LogP contribution >= 0.6 is 0 Å². The van der Waals surface area contributed by atoms with Crippen LogP contribution in [0.4, 0.5) is 0 Å². The monoisotopic (exact) mass is 327 g/mol. The molecule has 130 valence electrons. The molecule has 0 saturated heterocycles. The molecule has 1 amide bonds. The summed E-state index contributed by atoms with van der Waals surface area (Å²) in [6.45, 7) is 1.42. The van der Waals surface area contributed by atoms with Crippen molar-refractivity contribution in [1.82, 2.24) is 5.32 Å². The van der Waals surface area contributed by atoms with Gasteiger partial charge in [0, 0.05) is 25.8 Å². The molecule has 4 bridgehead atoms. The molecule has 0 unspecified atom stereocenters. The van der Waals surface area contributed by atoms with Gasteiger partial charge in [0.2, 0.25) is 0 Å². The lowest BCUT2D eigenvalue weighted by Crippen LogP contribution is -3.00. The predicted molar refractivity (Wildman–Crippen MR) is 95.5 cm³/mol. The highest BCUT2D eigenvalue weighted by atomic mass is 16.1. The summed E-state index contributed by atoms with van der Waals surface area (Å²) in [7, 11) is 0. The predicted octanol–water partition coefficient (Wildman–Crippen LogP) is 2.27. The molecule has 0 heterocycles. The van der Waals surface area contributed by atoms with Crippen molar-refractivity contribution in [2.24, 2.45) is 17.8 Å². The van der Waals surface area contributed by atoms with Crippen LogP contribution in [-0.2, 0) is 11.2 Å². The minimum Gasteiger partial charge on any atom is -0.351 e. The Morgan fingerprint density at radius 2 is 1.67 bits per heavy atom. The minimum atomic E-state index is 0.221. The smallest absolute Gasteiger partial charge is 0.275 e. The summed E-state index contributed by atoms with van der Waals surface area (Å²) < 4.78 is 0. The van der Waals surface area contributed by atoms with Crippen LogP contribution in [0.3, 0.4) is 0 Å². The summed E-state index contributed by atoms with van der Waals surface area (Å²) in [5.41, 5.74) is 1.77. The maximum absolute atomic E-state index is 12.2. The van der Waals surface area contributed by atoms with E-state index in [0.717, 1.165) is 37.1 Å². The van der Waals surface area contributed by atoms with Crippen molar-refractivity contribution in [3.05, 3.63) is 35.9 Å². The zero-order valence-electron chi connectivity index (χ0n) is 14.7. The van der Waals surface area contributed by atoms with Crippen molar-refractivity contribution >= 4 is 5.91 Å². The second kappa shape index (κ2) is 6.87. The van der Waals surface area contributed by atoms with E-state index in [9.17, 15) is 4.79 Å². The highest BCUT2D eigenvalue weighted by molar-refractivity contribution is 5.76. The Hall–Kier alpha value is -1.35. The average Bonchev–Trinajstić information content (AvgIpc) is 2.57. The molecule has 3 heteroatoms. The maximum Gasteiger partial charge on any atom is 0.275 e. The summed E-state index contributed by atoms with van der Waals surface area (Å²) >= 11 is 0. The standard InChI is InChI=1S/C21H30N2O/c24-20(22-8-4-7-16-5-2-1-3-6-16)15-23-21-12-17-9-18(13-21)11-19(10-17)14-21/h1-3,5-6,17-19,23H,4,7-15H2,(H,22,24)/p+1. The summed E-state index contributed by atoms with van der Waals surface area (Å²) in [5.74, 6) is 3.10. The summed E-state index contributed by atoms with van der Waals surface area (Å²) in [6, 6.07) is 10.5. The fraction of sp³-hybridized carbons (Fsp3) is 0.667. The molecule has 24 heavy (non-hydrogen) atoms. The second-order valence-corrected chi connectivity index (χ2v) is 8.63. The molecule has 4 fully saturated rings. The van der Waals surface area contributed by atoms with Crippen LogP contribution in [-0.4, -0.2) is 24.5 Å². The summed E-state index contributed by atoms with van der Waals surface area (Å²) in [4.78, 5) is 12.2. The number of rotatable bonds is 7. The molecule has 0 spiro atoms. The van der Waals surface area contributed by atoms with Crippen LogP contribution in [0.5, 0.6) is 0 Å².